The number of methoxy groups -OCH3 is 1. The molecule has 1 fully saturated rings. The molecular weight excluding hydrogens is 282 g/mol. The van der Waals surface area contributed by atoms with Crippen LogP contribution in [0.5, 0.6) is 5.75 Å². The average molecular weight is 305 g/mol. The number of carbonyl (C=O) groups is 2. The number of nitrogens with zero attached hydrogens (tertiary/aromatic N) is 1. The highest BCUT2D eigenvalue weighted by Crippen LogP contribution is 2.28. The van der Waals surface area contributed by atoms with Gasteiger partial charge in [0.15, 0.2) is 0 Å². The van der Waals surface area contributed by atoms with Crippen molar-refractivity contribution in [3.05, 3.63) is 29.8 Å². The van der Waals surface area contributed by atoms with Crippen molar-refractivity contribution in [1.82, 2.24) is 4.90 Å². The molecule has 1 unspecified atom stereocenters. The van der Waals surface area contributed by atoms with Crippen molar-refractivity contribution >= 4 is 11.9 Å². The van der Waals surface area contributed by atoms with E-state index in [1.807, 2.05) is 24.3 Å². The summed E-state index contributed by atoms with van der Waals surface area (Å²) in [4.78, 5) is 25.2. The van der Waals surface area contributed by atoms with E-state index in [2.05, 4.69) is 0 Å². The molecule has 0 radical (unpaired) electrons. The molecule has 1 aromatic carbocycles. The number of ether oxygens (including phenoxy) is 1. The molecule has 1 amide bonds. The third-order valence-electron chi connectivity index (χ3n) is 3.96. The molecule has 5 nitrogen and oxygen atoms in total. The van der Waals surface area contributed by atoms with Crippen molar-refractivity contribution in [1.29, 1.82) is 0 Å². The van der Waals surface area contributed by atoms with E-state index in [1.165, 1.54) is 0 Å². The highest BCUT2D eigenvalue weighted by atomic mass is 16.5. The van der Waals surface area contributed by atoms with Crippen molar-refractivity contribution in [2.75, 3.05) is 13.7 Å². The quantitative estimate of drug-likeness (QED) is 0.800. The number of hydrogen-bond donors (Lipinski definition) is 1. The predicted molar refractivity (Wildman–Crippen MR) is 82.8 cm³/mol. The summed E-state index contributed by atoms with van der Waals surface area (Å²) in [6.07, 6.45) is 3.01. The topological polar surface area (TPSA) is 66.8 Å². The zero-order valence-electron chi connectivity index (χ0n) is 13.1. The fourth-order valence-electron chi connectivity index (χ4n) is 2.44. The Labute approximate surface area is 130 Å². The van der Waals surface area contributed by atoms with Crippen LogP contribution in [-0.4, -0.2) is 41.6 Å². The first-order valence-electron chi connectivity index (χ1n) is 7.66. The van der Waals surface area contributed by atoms with Crippen LogP contribution < -0.4 is 4.74 Å². The summed E-state index contributed by atoms with van der Waals surface area (Å²) in [5.41, 5.74) is 1.05. The van der Waals surface area contributed by atoms with Crippen molar-refractivity contribution in [2.45, 2.75) is 38.6 Å². The van der Waals surface area contributed by atoms with Crippen LogP contribution in [-0.2, 0) is 16.0 Å². The Morgan fingerprint density at radius 1 is 1.41 bits per heavy atom. The summed E-state index contributed by atoms with van der Waals surface area (Å²) >= 11 is 0. The number of rotatable bonds is 8. The normalized spacial score (nSPS) is 15.2. The van der Waals surface area contributed by atoms with Crippen LogP contribution >= 0.6 is 0 Å². The third kappa shape index (κ3) is 4.48. The smallest absolute Gasteiger partial charge is 0.308 e. The van der Waals surface area contributed by atoms with Gasteiger partial charge in [0, 0.05) is 19.0 Å². The zero-order chi connectivity index (χ0) is 16.1. The minimum Gasteiger partial charge on any atom is -0.497 e. The van der Waals surface area contributed by atoms with Crippen LogP contribution in [0.3, 0.4) is 0 Å². The second-order valence-electron chi connectivity index (χ2n) is 5.87. The van der Waals surface area contributed by atoms with Gasteiger partial charge in [-0.3, -0.25) is 9.59 Å². The van der Waals surface area contributed by atoms with E-state index in [0.29, 0.717) is 19.4 Å². The lowest BCUT2D eigenvalue weighted by Gasteiger charge is -2.24. The zero-order valence-corrected chi connectivity index (χ0v) is 13.1. The van der Waals surface area contributed by atoms with E-state index in [-0.39, 0.29) is 11.9 Å². The van der Waals surface area contributed by atoms with Gasteiger partial charge in [0.05, 0.1) is 13.0 Å². The van der Waals surface area contributed by atoms with E-state index >= 15 is 0 Å². The van der Waals surface area contributed by atoms with Crippen LogP contribution in [0.1, 0.15) is 31.7 Å². The number of carbonyl (C=O) groups excluding carboxylic acids is 1. The van der Waals surface area contributed by atoms with Crippen molar-refractivity contribution in [3.63, 3.8) is 0 Å². The van der Waals surface area contributed by atoms with Gasteiger partial charge in [-0.05, 0) is 37.0 Å². The van der Waals surface area contributed by atoms with Gasteiger partial charge in [0.2, 0.25) is 5.91 Å². The van der Waals surface area contributed by atoms with Crippen molar-refractivity contribution in [3.8, 4) is 5.75 Å². The molecule has 22 heavy (non-hydrogen) atoms. The Morgan fingerprint density at radius 2 is 2.14 bits per heavy atom. The van der Waals surface area contributed by atoms with Crippen LogP contribution in [0.25, 0.3) is 0 Å². The van der Waals surface area contributed by atoms with Gasteiger partial charge >= 0.3 is 5.97 Å². The first-order chi connectivity index (χ1) is 10.5. The number of hydrogen-bond acceptors (Lipinski definition) is 3. The fraction of sp³-hybridized carbons (Fsp3) is 0.529. The molecule has 2 rings (SSSR count). The van der Waals surface area contributed by atoms with E-state index in [4.69, 9.17) is 9.84 Å². The fourth-order valence-corrected chi connectivity index (χ4v) is 2.44. The maximum Gasteiger partial charge on any atom is 0.308 e. The predicted octanol–water partition coefficient (Wildman–Crippen LogP) is 2.34. The average Bonchev–Trinajstić information content (AvgIpc) is 3.34. The van der Waals surface area contributed by atoms with Gasteiger partial charge < -0.3 is 14.7 Å². The molecule has 5 heteroatoms. The largest absolute Gasteiger partial charge is 0.497 e. The standard InChI is InChI=1S/C17H23NO4/c1-12(17(20)21)11-18(14-7-8-14)16(19)9-6-13-4-3-5-15(10-13)22-2/h3-5,10,12,14H,6-9,11H2,1-2H3,(H,20,21). The Kier molecular flexibility index (Phi) is 5.41. The lowest BCUT2D eigenvalue weighted by atomic mass is 10.1. The monoisotopic (exact) mass is 305 g/mol. The molecule has 120 valence electrons. The number of aryl methyl sites for hydroxylation is 1. The van der Waals surface area contributed by atoms with Crippen LogP contribution in [0, 0.1) is 5.92 Å². The highest BCUT2D eigenvalue weighted by molar-refractivity contribution is 5.78. The van der Waals surface area contributed by atoms with E-state index in [0.717, 1.165) is 24.2 Å². The lowest BCUT2D eigenvalue weighted by Crippen LogP contribution is -2.38. The van der Waals surface area contributed by atoms with Crippen molar-refractivity contribution < 1.29 is 19.4 Å². The SMILES string of the molecule is COc1cccc(CCC(=O)N(CC(C)C(=O)O)C2CC2)c1. The number of carboxylic acids is 1. The number of aliphatic carboxylic acids is 1. The lowest BCUT2D eigenvalue weighted by molar-refractivity contribution is -0.143. The summed E-state index contributed by atoms with van der Waals surface area (Å²) < 4.78 is 5.18. The van der Waals surface area contributed by atoms with E-state index in [9.17, 15) is 9.59 Å². The summed E-state index contributed by atoms with van der Waals surface area (Å²) in [5, 5.41) is 9.03. The molecule has 0 aromatic heterocycles. The van der Waals surface area contributed by atoms with Crippen molar-refractivity contribution in [2.24, 2.45) is 5.92 Å². The number of benzene rings is 1. The second-order valence-corrected chi connectivity index (χ2v) is 5.87. The molecule has 1 aliphatic rings. The Hall–Kier alpha value is -2.04. The summed E-state index contributed by atoms with van der Waals surface area (Å²) in [6, 6.07) is 7.91. The maximum atomic E-state index is 12.4. The minimum absolute atomic E-state index is 0.0402. The van der Waals surface area contributed by atoms with Crippen LogP contribution in [0.4, 0.5) is 0 Å². The van der Waals surface area contributed by atoms with Gasteiger partial charge in [-0.2, -0.15) is 0 Å². The van der Waals surface area contributed by atoms with Gasteiger partial charge in [0.25, 0.3) is 0 Å². The Morgan fingerprint density at radius 3 is 2.73 bits per heavy atom. The molecule has 1 atom stereocenters. The first-order valence-corrected chi connectivity index (χ1v) is 7.66. The van der Waals surface area contributed by atoms with Gasteiger partial charge in [-0.15, -0.1) is 0 Å². The molecule has 0 heterocycles. The Bertz CT molecular complexity index is 539. The van der Waals surface area contributed by atoms with Crippen LogP contribution in [0.15, 0.2) is 24.3 Å². The molecule has 1 saturated carbocycles. The number of carboxylic acid groups (broad SMARTS) is 1. The minimum atomic E-state index is -0.855. The van der Waals surface area contributed by atoms with Gasteiger partial charge in [-0.25, -0.2) is 0 Å². The molecule has 0 aliphatic heterocycles. The molecule has 0 spiro atoms. The maximum absolute atomic E-state index is 12.4. The molecule has 1 N–H and O–H groups in total. The third-order valence-corrected chi connectivity index (χ3v) is 3.96. The molecule has 1 aromatic rings. The summed E-state index contributed by atoms with van der Waals surface area (Å²) in [5.74, 6) is -0.561. The number of amides is 1. The first kappa shape index (κ1) is 16.3. The summed E-state index contributed by atoms with van der Waals surface area (Å²) in [6.45, 7) is 1.95. The van der Waals surface area contributed by atoms with Gasteiger partial charge in [-0.1, -0.05) is 19.1 Å². The van der Waals surface area contributed by atoms with E-state index in [1.54, 1.807) is 18.9 Å². The molecular formula is C17H23NO4. The highest BCUT2D eigenvalue weighted by Gasteiger charge is 2.34. The Balaban J connectivity index is 1.92. The molecule has 0 bridgehead atoms. The summed E-state index contributed by atoms with van der Waals surface area (Å²) in [7, 11) is 1.62. The van der Waals surface area contributed by atoms with E-state index < -0.39 is 11.9 Å². The second kappa shape index (κ2) is 7.29. The molecule has 1 aliphatic carbocycles. The molecule has 0 saturated heterocycles. The van der Waals surface area contributed by atoms with Gasteiger partial charge in [0.1, 0.15) is 5.75 Å². The van der Waals surface area contributed by atoms with Crippen LogP contribution in [0.2, 0.25) is 0 Å².